The molecule has 0 aliphatic carbocycles. The largest absolute Gasteiger partial charge is 0.573 e. The van der Waals surface area contributed by atoms with E-state index in [2.05, 4.69) is 25.3 Å². The van der Waals surface area contributed by atoms with Crippen molar-refractivity contribution >= 4 is 28.7 Å². The van der Waals surface area contributed by atoms with Crippen molar-refractivity contribution in [2.24, 2.45) is 0 Å². The molecule has 30 heavy (non-hydrogen) atoms. The first-order chi connectivity index (χ1) is 14.1. The van der Waals surface area contributed by atoms with Crippen LogP contribution < -0.4 is 15.4 Å². The van der Waals surface area contributed by atoms with Crippen LogP contribution in [0.3, 0.4) is 0 Å². The second-order valence-electron chi connectivity index (χ2n) is 5.63. The zero-order chi connectivity index (χ0) is 21.9. The highest BCUT2D eigenvalue weighted by Gasteiger charge is 2.31. The van der Waals surface area contributed by atoms with Crippen LogP contribution in [0.15, 0.2) is 48.8 Å². The third kappa shape index (κ3) is 5.06. The van der Waals surface area contributed by atoms with Crippen molar-refractivity contribution in [1.29, 1.82) is 0 Å². The summed E-state index contributed by atoms with van der Waals surface area (Å²) >= 11 is 0. The highest BCUT2D eigenvalue weighted by Crippen LogP contribution is 2.33. The predicted octanol–water partition coefficient (Wildman–Crippen LogP) is 5.05. The number of alkyl halides is 3. The molecule has 1 aromatic heterocycles. The first-order valence-electron chi connectivity index (χ1n) is 7.96. The van der Waals surface area contributed by atoms with Gasteiger partial charge >= 0.3 is 12.0 Å². The SMILES string of the molecule is O=[N+]([O-])c1c(Nc2ccc(OC(F)(F)F)cc2)ncnc1Nc1ccc(F)c(F)c1. The molecular formula is C17H10F5N5O3. The topological polar surface area (TPSA) is 102 Å². The Balaban J connectivity index is 1.87. The zero-order valence-electron chi connectivity index (χ0n) is 14.6. The number of halogens is 5. The molecule has 1 heterocycles. The molecule has 13 heteroatoms. The number of rotatable bonds is 6. The summed E-state index contributed by atoms with van der Waals surface area (Å²) in [4.78, 5) is 18.2. The van der Waals surface area contributed by atoms with Gasteiger partial charge in [-0.3, -0.25) is 10.1 Å². The van der Waals surface area contributed by atoms with Crippen molar-refractivity contribution in [1.82, 2.24) is 9.97 Å². The van der Waals surface area contributed by atoms with E-state index in [-0.39, 0.29) is 23.0 Å². The van der Waals surface area contributed by atoms with E-state index in [0.29, 0.717) is 0 Å². The van der Waals surface area contributed by atoms with Gasteiger partial charge in [-0.15, -0.1) is 13.2 Å². The van der Waals surface area contributed by atoms with Gasteiger partial charge in [-0.2, -0.15) is 0 Å². The molecule has 0 saturated carbocycles. The minimum Gasteiger partial charge on any atom is -0.406 e. The second-order valence-corrected chi connectivity index (χ2v) is 5.63. The Bertz CT molecular complexity index is 1080. The quantitative estimate of drug-likeness (QED) is 0.322. The number of aromatic nitrogens is 2. The van der Waals surface area contributed by atoms with Crippen LogP contribution in [0.4, 0.5) is 50.6 Å². The van der Waals surface area contributed by atoms with Gasteiger partial charge in [-0.1, -0.05) is 0 Å². The van der Waals surface area contributed by atoms with E-state index in [9.17, 15) is 32.1 Å². The number of benzene rings is 2. The summed E-state index contributed by atoms with van der Waals surface area (Å²) in [6.45, 7) is 0. The van der Waals surface area contributed by atoms with E-state index in [0.717, 1.165) is 36.7 Å². The third-order valence-electron chi connectivity index (χ3n) is 3.54. The fraction of sp³-hybridized carbons (Fsp3) is 0.0588. The van der Waals surface area contributed by atoms with Crippen LogP contribution in [0.25, 0.3) is 0 Å². The number of anilines is 4. The Morgan fingerprint density at radius 1 is 0.900 bits per heavy atom. The first kappa shape index (κ1) is 20.7. The molecule has 0 aliphatic rings. The molecule has 156 valence electrons. The maximum Gasteiger partial charge on any atom is 0.573 e. The van der Waals surface area contributed by atoms with Crippen molar-refractivity contribution in [2.45, 2.75) is 6.36 Å². The van der Waals surface area contributed by atoms with Gasteiger partial charge in [-0.05, 0) is 36.4 Å². The fourth-order valence-corrected chi connectivity index (χ4v) is 2.32. The summed E-state index contributed by atoms with van der Waals surface area (Å²) < 4.78 is 66.8. The highest BCUT2D eigenvalue weighted by atomic mass is 19.4. The molecule has 0 spiro atoms. The van der Waals surface area contributed by atoms with Crippen molar-refractivity contribution in [3.05, 3.63) is 70.5 Å². The van der Waals surface area contributed by atoms with Crippen molar-refractivity contribution in [3.8, 4) is 5.75 Å². The summed E-state index contributed by atoms with van der Waals surface area (Å²) in [5, 5.41) is 16.6. The summed E-state index contributed by atoms with van der Waals surface area (Å²) in [6.07, 6.45) is -3.89. The first-order valence-corrected chi connectivity index (χ1v) is 7.96. The van der Waals surface area contributed by atoms with Gasteiger partial charge < -0.3 is 15.4 Å². The Morgan fingerprint density at radius 3 is 2.00 bits per heavy atom. The number of hydrogen-bond acceptors (Lipinski definition) is 7. The lowest BCUT2D eigenvalue weighted by molar-refractivity contribution is -0.383. The molecular weight excluding hydrogens is 417 g/mol. The Hall–Kier alpha value is -4.03. The van der Waals surface area contributed by atoms with Gasteiger partial charge in [0, 0.05) is 17.4 Å². The summed E-state index contributed by atoms with van der Waals surface area (Å²) in [5.41, 5.74) is -0.460. The molecule has 0 saturated heterocycles. The van der Waals surface area contributed by atoms with E-state index in [1.54, 1.807) is 0 Å². The molecule has 0 atom stereocenters. The number of nitrogens with zero attached hydrogens (tertiary/aromatic N) is 3. The van der Waals surface area contributed by atoms with Crippen LogP contribution in [0.2, 0.25) is 0 Å². The van der Waals surface area contributed by atoms with Gasteiger partial charge in [0.15, 0.2) is 11.6 Å². The van der Waals surface area contributed by atoms with E-state index < -0.39 is 34.4 Å². The Labute approximate surface area is 164 Å². The van der Waals surface area contributed by atoms with E-state index in [1.807, 2.05) is 0 Å². The van der Waals surface area contributed by atoms with Gasteiger partial charge in [-0.25, -0.2) is 18.7 Å². The molecule has 0 fully saturated rings. The molecule has 8 nitrogen and oxygen atoms in total. The second kappa shape index (κ2) is 8.14. The van der Waals surface area contributed by atoms with Gasteiger partial charge in [0.1, 0.15) is 12.1 Å². The monoisotopic (exact) mass is 427 g/mol. The highest BCUT2D eigenvalue weighted by molar-refractivity contribution is 5.76. The number of nitro groups is 1. The molecule has 2 N–H and O–H groups in total. The molecule has 0 bridgehead atoms. The number of hydrogen-bond donors (Lipinski definition) is 2. The van der Waals surface area contributed by atoms with Crippen molar-refractivity contribution < 1.29 is 31.6 Å². The lowest BCUT2D eigenvalue weighted by atomic mass is 10.3. The molecule has 0 aliphatic heterocycles. The van der Waals surface area contributed by atoms with E-state index >= 15 is 0 Å². The van der Waals surface area contributed by atoms with E-state index in [1.165, 1.54) is 12.1 Å². The van der Waals surface area contributed by atoms with Gasteiger partial charge in [0.2, 0.25) is 11.6 Å². The van der Waals surface area contributed by atoms with Crippen LogP contribution in [-0.2, 0) is 0 Å². The maximum atomic E-state index is 13.4. The lowest BCUT2D eigenvalue weighted by Crippen LogP contribution is -2.17. The normalized spacial score (nSPS) is 11.1. The molecule has 0 radical (unpaired) electrons. The van der Waals surface area contributed by atoms with Crippen LogP contribution >= 0.6 is 0 Å². The van der Waals surface area contributed by atoms with Crippen LogP contribution in [0, 0.1) is 21.7 Å². The molecule has 3 rings (SSSR count). The molecule has 0 unspecified atom stereocenters. The summed E-state index contributed by atoms with van der Waals surface area (Å²) in [6, 6.07) is 7.15. The van der Waals surface area contributed by atoms with Crippen LogP contribution in [-0.4, -0.2) is 21.3 Å². The smallest absolute Gasteiger partial charge is 0.406 e. The van der Waals surface area contributed by atoms with Crippen LogP contribution in [0.1, 0.15) is 0 Å². The zero-order valence-corrected chi connectivity index (χ0v) is 14.6. The van der Waals surface area contributed by atoms with Crippen molar-refractivity contribution in [2.75, 3.05) is 10.6 Å². The van der Waals surface area contributed by atoms with Crippen molar-refractivity contribution in [3.63, 3.8) is 0 Å². The minimum atomic E-state index is -4.86. The predicted molar refractivity (Wildman–Crippen MR) is 94.7 cm³/mol. The Kier molecular flexibility index (Phi) is 5.62. The average molecular weight is 427 g/mol. The summed E-state index contributed by atoms with van der Waals surface area (Å²) in [7, 11) is 0. The number of ether oxygens (including phenoxy) is 1. The van der Waals surface area contributed by atoms with E-state index in [4.69, 9.17) is 0 Å². The molecule has 0 amide bonds. The number of nitrogens with one attached hydrogen (secondary N) is 2. The average Bonchev–Trinajstić information content (AvgIpc) is 2.65. The summed E-state index contributed by atoms with van der Waals surface area (Å²) in [5.74, 6) is -3.36. The Morgan fingerprint density at radius 2 is 1.47 bits per heavy atom. The third-order valence-corrected chi connectivity index (χ3v) is 3.54. The van der Waals surface area contributed by atoms with Crippen LogP contribution in [0.5, 0.6) is 5.75 Å². The lowest BCUT2D eigenvalue weighted by Gasteiger charge is -2.11. The standard InChI is InChI=1S/C17H10F5N5O3/c18-12-6-3-10(7-13(12)19)26-16-14(27(28)29)15(23-8-24-16)25-9-1-4-11(5-2-9)30-17(20,21)22/h1-8H,(H2,23,24,25,26). The van der Waals surface area contributed by atoms with Gasteiger partial charge in [0.25, 0.3) is 0 Å². The minimum absolute atomic E-state index is 0.00435. The molecule has 2 aromatic carbocycles. The maximum absolute atomic E-state index is 13.4. The fourth-order valence-electron chi connectivity index (χ4n) is 2.32. The van der Waals surface area contributed by atoms with Gasteiger partial charge in [0.05, 0.1) is 4.92 Å². The molecule has 3 aromatic rings.